The fraction of sp³-hybridized carbons (Fsp3) is 0.462. The maximum Gasteiger partial charge on any atom is 0.261 e. The van der Waals surface area contributed by atoms with Crippen LogP contribution >= 0.6 is 11.3 Å². The third-order valence-electron chi connectivity index (χ3n) is 2.97. The molecule has 4 heteroatoms. The SMILES string of the molecule is CCc1ccsc1C(=O)NCC1=CCNCC1. The highest BCUT2D eigenvalue weighted by molar-refractivity contribution is 7.12. The first-order chi connectivity index (χ1) is 8.31. The molecule has 1 aromatic heterocycles. The van der Waals surface area contributed by atoms with Gasteiger partial charge in [-0.2, -0.15) is 0 Å². The van der Waals surface area contributed by atoms with Crippen molar-refractivity contribution in [1.29, 1.82) is 0 Å². The van der Waals surface area contributed by atoms with E-state index in [0.29, 0.717) is 6.54 Å². The van der Waals surface area contributed by atoms with Gasteiger partial charge in [0.2, 0.25) is 0 Å². The van der Waals surface area contributed by atoms with E-state index < -0.39 is 0 Å². The van der Waals surface area contributed by atoms with Crippen molar-refractivity contribution < 1.29 is 4.79 Å². The molecule has 1 aliphatic heterocycles. The molecule has 0 saturated carbocycles. The van der Waals surface area contributed by atoms with Crippen LogP contribution in [0.2, 0.25) is 0 Å². The average molecular weight is 250 g/mol. The topological polar surface area (TPSA) is 41.1 Å². The third kappa shape index (κ3) is 3.17. The largest absolute Gasteiger partial charge is 0.348 e. The van der Waals surface area contributed by atoms with Gasteiger partial charge in [-0.3, -0.25) is 4.79 Å². The summed E-state index contributed by atoms with van der Waals surface area (Å²) in [4.78, 5) is 12.8. The number of carbonyl (C=O) groups excluding carboxylic acids is 1. The van der Waals surface area contributed by atoms with Gasteiger partial charge in [0.25, 0.3) is 5.91 Å². The normalized spacial score (nSPS) is 15.5. The van der Waals surface area contributed by atoms with E-state index in [0.717, 1.165) is 36.4 Å². The minimum atomic E-state index is 0.0660. The standard InChI is InChI=1S/C13H18N2OS/c1-2-11-5-8-17-12(11)13(16)15-9-10-3-6-14-7-4-10/h3,5,8,14H,2,4,6-7,9H2,1H3,(H,15,16). The van der Waals surface area contributed by atoms with Gasteiger partial charge >= 0.3 is 0 Å². The van der Waals surface area contributed by atoms with Crippen LogP contribution in [0.1, 0.15) is 28.6 Å². The van der Waals surface area contributed by atoms with E-state index in [-0.39, 0.29) is 5.91 Å². The van der Waals surface area contributed by atoms with Gasteiger partial charge in [-0.05, 0) is 36.4 Å². The molecule has 3 nitrogen and oxygen atoms in total. The fourth-order valence-electron chi connectivity index (χ4n) is 1.92. The molecule has 0 saturated heterocycles. The summed E-state index contributed by atoms with van der Waals surface area (Å²) in [6.45, 7) is 4.70. The minimum Gasteiger partial charge on any atom is -0.348 e. The van der Waals surface area contributed by atoms with Crippen LogP contribution in [-0.2, 0) is 6.42 Å². The molecule has 2 rings (SSSR count). The van der Waals surface area contributed by atoms with Gasteiger partial charge in [0, 0.05) is 13.1 Å². The molecule has 0 spiro atoms. The molecule has 0 aliphatic carbocycles. The number of aryl methyl sites for hydroxylation is 1. The number of rotatable bonds is 4. The van der Waals surface area contributed by atoms with Gasteiger partial charge in [0.15, 0.2) is 0 Å². The van der Waals surface area contributed by atoms with Crippen molar-refractivity contribution in [1.82, 2.24) is 10.6 Å². The summed E-state index contributed by atoms with van der Waals surface area (Å²) in [5.41, 5.74) is 2.47. The Hall–Kier alpha value is -1.13. The summed E-state index contributed by atoms with van der Waals surface area (Å²) in [6, 6.07) is 2.03. The first-order valence-electron chi connectivity index (χ1n) is 6.04. The van der Waals surface area contributed by atoms with Gasteiger partial charge < -0.3 is 10.6 Å². The maximum atomic E-state index is 12.0. The Bertz CT molecular complexity index is 423. The van der Waals surface area contributed by atoms with E-state index in [2.05, 4.69) is 23.6 Å². The number of hydrogen-bond acceptors (Lipinski definition) is 3. The second-order valence-corrected chi connectivity index (χ2v) is 5.04. The van der Waals surface area contributed by atoms with Gasteiger partial charge in [-0.15, -0.1) is 11.3 Å². The number of hydrogen-bond donors (Lipinski definition) is 2. The fourth-order valence-corrected chi connectivity index (χ4v) is 2.83. The highest BCUT2D eigenvalue weighted by Gasteiger charge is 2.12. The predicted octanol–water partition coefficient (Wildman–Crippen LogP) is 1.96. The van der Waals surface area contributed by atoms with Crippen LogP contribution in [0.3, 0.4) is 0 Å². The molecule has 0 bridgehead atoms. The van der Waals surface area contributed by atoms with Crippen LogP contribution in [0.15, 0.2) is 23.1 Å². The van der Waals surface area contributed by atoms with Crippen LogP contribution < -0.4 is 10.6 Å². The lowest BCUT2D eigenvalue weighted by Crippen LogP contribution is -2.29. The van der Waals surface area contributed by atoms with Crippen LogP contribution in [0.4, 0.5) is 0 Å². The predicted molar refractivity (Wildman–Crippen MR) is 71.6 cm³/mol. The highest BCUT2D eigenvalue weighted by Crippen LogP contribution is 2.17. The lowest BCUT2D eigenvalue weighted by atomic mass is 10.1. The van der Waals surface area contributed by atoms with Crippen LogP contribution in [0.25, 0.3) is 0 Å². The van der Waals surface area contributed by atoms with Crippen LogP contribution in [-0.4, -0.2) is 25.5 Å². The van der Waals surface area contributed by atoms with Crippen molar-refractivity contribution in [2.24, 2.45) is 0 Å². The van der Waals surface area contributed by atoms with E-state index in [1.807, 2.05) is 11.4 Å². The molecule has 0 aromatic carbocycles. The lowest BCUT2D eigenvalue weighted by molar-refractivity contribution is 0.0960. The van der Waals surface area contributed by atoms with E-state index in [4.69, 9.17) is 0 Å². The summed E-state index contributed by atoms with van der Waals surface area (Å²) >= 11 is 1.52. The van der Waals surface area contributed by atoms with E-state index in [1.165, 1.54) is 16.9 Å². The molecule has 2 heterocycles. The number of amides is 1. The van der Waals surface area contributed by atoms with Crippen molar-refractivity contribution in [3.8, 4) is 0 Å². The Labute approximate surface area is 106 Å². The minimum absolute atomic E-state index is 0.0660. The summed E-state index contributed by atoms with van der Waals surface area (Å²) in [5, 5.41) is 8.25. The third-order valence-corrected chi connectivity index (χ3v) is 3.92. The molecule has 0 radical (unpaired) electrons. The number of nitrogens with one attached hydrogen (secondary N) is 2. The first kappa shape index (κ1) is 12.3. The quantitative estimate of drug-likeness (QED) is 0.802. The molecular formula is C13H18N2OS. The molecule has 0 unspecified atom stereocenters. The summed E-state index contributed by atoms with van der Waals surface area (Å²) in [7, 11) is 0. The monoisotopic (exact) mass is 250 g/mol. The Morgan fingerprint density at radius 2 is 2.47 bits per heavy atom. The van der Waals surface area contributed by atoms with Crippen molar-refractivity contribution in [2.75, 3.05) is 19.6 Å². The van der Waals surface area contributed by atoms with Crippen molar-refractivity contribution in [3.63, 3.8) is 0 Å². The smallest absolute Gasteiger partial charge is 0.261 e. The second-order valence-electron chi connectivity index (χ2n) is 4.13. The molecule has 2 N–H and O–H groups in total. The molecule has 1 aliphatic rings. The van der Waals surface area contributed by atoms with E-state index >= 15 is 0 Å². The zero-order valence-electron chi connectivity index (χ0n) is 10.1. The second kappa shape index (κ2) is 5.98. The van der Waals surface area contributed by atoms with E-state index in [9.17, 15) is 4.79 Å². The summed E-state index contributed by atoms with van der Waals surface area (Å²) in [5.74, 6) is 0.0660. The van der Waals surface area contributed by atoms with Crippen LogP contribution in [0, 0.1) is 0 Å². The molecule has 0 atom stereocenters. The Balaban J connectivity index is 1.91. The van der Waals surface area contributed by atoms with Gasteiger partial charge in [0.05, 0.1) is 4.88 Å². The van der Waals surface area contributed by atoms with Gasteiger partial charge in [0.1, 0.15) is 0 Å². The van der Waals surface area contributed by atoms with Crippen molar-refractivity contribution in [2.45, 2.75) is 19.8 Å². The highest BCUT2D eigenvalue weighted by atomic mass is 32.1. The zero-order valence-corrected chi connectivity index (χ0v) is 10.9. The Morgan fingerprint density at radius 1 is 1.59 bits per heavy atom. The van der Waals surface area contributed by atoms with Crippen LogP contribution in [0.5, 0.6) is 0 Å². The van der Waals surface area contributed by atoms with Crippen molar-refractivity contribution in [3.05, 3.63) is 33.5 Å². The summed E-state index contributed by atoms with van der Waals surface area (Å²) in [6.07, 6.45) is 4.11. The first-order valence-corrected chi connectivity index (χ1v) is 6.92. The molecule has 1 amide bonds. The lowest BCUT2D eigenvalue weighted by Gasteiger charge is -2.14. The molecule has 0 fully saturated rings. The summed E-state index contributed by atoms with van der Waals surface area (Å²) < 4.78 is 0. The average Bonchev–Trinajstić information content (AvgIpc) is 2.85. The number of carbonyl (C=O) groups is 1. The van der Waals surface area contributed by atoms with Gasteiger partial charge in [-0.1, -0.05) is 18.6 Å². The molecule has 1 aromatic rings. The Kier molecular flexibility index (Phi) is 4.34. The van der Waals surface area contributed by atoms with Crippen molar-refractivity contribution >= 4 is 17.2 Å². The van der Waals surface area contributed by atoms with Gasteiger partial charge in [-0.25, -0.2) is 0 Å². The molecular weight excluding hydrogens is 232 g/mol. The van der Waals surface area contributed by atoms with E-state index in [1.54, 1.807) is 0 Å². The number of thiophene rings is 1. The molecule has 92 valence electrons. The Morgan fingerprint density at radius 3 is 3.18 bits per heavy atom. The maximum absolute atomic E-state index is 12.0. The molecule has 17 heavy (non-hydrogen) atoms. The zero-order chi connectivity index (χ0) is 12.1.